The zero-order valence-corrected chi connectivity index (χ0v) is 9.14. The Morgan fingerprint density at radius 2 is 2.23 bits per heavy atom. The van der Waals surface area contributed by atoms with Crippen molar-refractivity contribution in [3.8, 4) is 0 Å². The first-order valence-corrected chi connectivity index (χ1v) is 5.51. The number of halogens is 2. The molecule has 1 aromatic rings. The molecule has 1 aliphatic rings. The summed E-state index contributed by atoms with van der Waals surface area (Å²) in [7, 11) is 0. The fraction of sp³-hybridized carbons (Fsp3) is 0.455. The predicted octanol–water partition coefficient (Wildman–Crippen LogP) is 3.84. The summed E-state index contributed by atoms with van der Waals surface area (Å²) in [5.41, 5.74) is 2.43. The highest BCUT2D eigenvalue weighted by Crippen LogP contribution is 2.38. The highest BCUT2D eigenvalue weighted by atomic mass is 79.9. The Morgan fingerprint density at radius 3 is 3.00 bits per heavy atom. The smallest absolute Gasteiger partial charge is 0.123 e. The maximum Gasteiger partial charge on any atom is 0.123 e. The molecule has 0 bridgehead atoms. The molecule has 70 valence electrons. The van der Waals surface area contributed by atoms with Crippen LogP contribution in [0.3, 0.4) is 0 Å². The van der Waals surface area contributed by atoms with Crippen molar-refractivity contribution in [1.82, 2.24) is 0 Å². The topological polar surface area (TPSA) is 0 Å². The number of alkyl halides is 1. The van der Waals surface area contributed by atoms with Gasteiger partial charge >= 0.3 is 0 Å². The maximum absolute atomic E-state index is 12.9. The van der Waals surface area contributed by atoms with Crippen LogP contribution in [0.4, 0.5) is 4.39 Å². The minimum absolute atomic E-state index is 0.127. The van der Waals surface area contributed by atoms with E-state index in [9.17, 15) is 4.39 Å². The third-order valence-corrected chi connectivity index (χ3v) is 3.49. The van der Waals surface area contributed by atoms with Gasteiger partial charge in [-0.1, -0.05) is 28.9 Å². The summed E-state index contributed by atoms with van der Waals surface area (Å²) in [6, 6.07) is 5.12. The van der Waals surface area contributed by atoms with Gasteiger partial charge in [-0.2, -0.15) is 0 Å². The average molecular weight is 243 g/mol. The van der Waals surface area contributed by atoms with Crippen LogP contribution in [0.1, 0.15) is 29.3 Å². The van der Waals surface area contributed by atoms with Gasteiger partial charge in [0.1, 0.15) is 5.82 Å². The van der Waals surface area contributed by atoms with Crippen molar-refractivity contribution in [2.75, 3.05) is 0 Å². The molecule has 0 saturated carbocycles. The molecule has 0 aromatic heterocycles. The molecule has 0 nitrogen and oxygen atoms in total. The van der Waals surface area contributed by atoms with Gasteiger partial charge in [-0.3, -0.25) is 0 Å². The number of hydrogen-bond donors (Lipinski definition) is 0. The third-order valence-electron chi connectivity index (χ3n) is 2.62. The second kappa shape index (κ2) is 3.41. The van der Waals surface area contributed by atoms with Crippen LogP contribution in [-0.4, -0.2) is 0 Å². The molecule has 2 heteroatoms. The normalized spacial score (nSPS) is 27.0. The summed E-state index contributed by atoms with van der Waals surface area (Å²) in [5.74, 6) is 0.570. The lowest BCUT2D eigenvalue weighted by atomic mass is 9.85. The van der Waals surface area contributed by atoms with Crippen LogP contribution in [0.2, 0.25) is 0 Å². The fourth-order valence-electron chi connectivity index (χ4n) is 1.98. The Hall–Kier alpha value is -0.370. The van der Waals surface area contributed by atoms with E-state index in [4.69, 9.17) is 0 Å². The molecule has 2 atom stereocenters. The van der Waals surface area contributed by atoms with Gasteiger partial charge in [-0.25, -0.2) is 4.39 Å². The first-order chi connectivity index (χ1) is 6.16. The lowest BCUT2D eigenvalue weighted by molar-refractivity contribution is 0.495. The van der Waals surface area contributed by atoms with Crippen LogP contribution >= 0.6 is 15.9 Å². The van der Waals surface area contributed by atoms with E-state index in [1.165, 1.54) is 5.56 Å². The Morgan fingerprint density at radius 1 is 1.46 bits per heavy atom. The summed E-state index contributed by atoms with van der Waals surface area (Å²) in [5, 5.41) is 0. The van der Waals surface area contributed by atoms with Gasteiger partial charge in [0, 0.05) is 4.83 Å². The van der Waals surface area contributed by atoms with Gasteiger partial charge in [0.25, 0.3) is 0 Å². The molecular formula is C11H12BrF. The standard InChI is InChI=1S/C11H12BrF/c1-7-4-8-2-3-9(13)6-10(8)11(12)5-7/h2-3,6-7,11H,4-5H2,1H3. The molecule has 0 fully saturated rings. The number of fused-ring (bicyclic) bond motifs is 1. The number of benzene rings is 1. The third kappa shape index (κ3) is 1.78. The minimum Gasteiger partial charge on any atom is -0.207 e. The molecule has 0 aliphatic heterocycles. The zero-order chi connectivity index (χ0) is 9.42. The predicted molar refractivity (Wildman–Crippen MR) is 55.6 cm³/mol. The van der Waals surface area contributed by atoms with Crippen molar-refractivity contribution < 1.29 is 4.39 Å². The largest absolute Gasteiger partial charge is 0.207 e. The van der Waals surface area contributed by atoms with Crippen LogP contribution in [0.25, 0.3) is 0 Å². The van der Waals surface area contributed by atoms with E-state index in [-0.39, 0.29) is 5.82 Å². The Kier molecular flexibility index (Phi) is 2.41. The molecule has 0 heterocycles. The number of rotatable bonds is 0. The van der Waals surface area contributed by atoms with Crippen LogP contribution in [0.5, 0.6) is 0 Å². The van der Waals surface area contributed by atoms with E-state index in [0.29, 0.717) is 10.7 Å². The summed E-state index contributed by atoms with van der Waals surface area (Å²) in [6.45, 7) is 2.24. The van der Waals surface area contributed by atoms with Crippen molar-refractivity contribution in [1.29, 1.82) is 0 Å². The first kappa shape index (κ1) is 9.20. The summed E-state index contributed by atoms with van der Waals surface area (Å²) < 4.78 is 12.9. The van der Waals surface area contributed by atoms with E-state index in [2.05, 4.69) is 22.9 Å². The highest BCUT2D eigenvalue weighted by Gasteiger charge is 2.22. The monoisotopic (exact) mass is 242 g/mol. The lowest BCUT2D eigenvalue weighted by Gasteiger charge is -2.25. The highest BCUT2D eigenvalue weighted by molar-refractivity contribution is 9.09. The van der Waals surface area contributed by atoms with E-state index in [1.807, 2.05) is 6.07 Å². The van der Waals surface area contributed by atoms with Crippen molar-refractivity contribution in [2.45, 2.75) is 24.6 Å². The van der Waals surface area contributed by atoms with E-state index in [1.54, 1.807) is 12.1 Å². The van der Waals surface area contributed by atoms with Gasteiger partial charge in [-0.05, 0) is 42.0 Å². The second-order valence-corrected chi connectivity index (χ2v) is 4.96. The molecule has 2 rings (SSSR count). The quantitative estimate of drug-likeness (QED) is 0.607. The molecule has 0 saturated heterocycles. The van der Waals surface area contributed by atoms with E-state index >= 15 is 0 Å². The molecule has 0 spiro atoms. The van der Waals surface area contributed by atoms with Gasteiger partial charge < -0.3 is 0 Å². The van der Waals surface area contributed by atoms with Crippen LogP contribution in [-0.2, 0) is 6.42 Å². The van der Waals surface area contributed by atoms with Crippen molar-refractivity contribution in [3.05, 3.63) is 35.1 Å². The van der Waals surface area contributed by atoms with E-state index < -0.39 is 0 Å². The van der Waals surface area contributed by atoms with Gasteiger partial charge in [-0.15, -0.1) is 0 Å². The summed E-state index contributed by atoms with van der Waals surface area (Å²) >= 11 is 3.59. The Bertz CT molecular complexity index is 322. The molecular weight excluding hydrogens is 231 g/mol. The molecule has 13 heavy (non-hydrogen) atoms. The van der Waals surface area contributed by atoms with Crippen LogP contribution < -0.4 is 0 Å². The molecule has 2 unspecified atom stereocenters. The van der Waals surface area contributed by atoms with Crippen molar-refractivity contribution in [3.63, 3.8) is 0 Å². The average Bonchev–Trinajstić information content (AvgIpc) is 2.06. The van der Waals surface area contributed by atoms with Gasteiger partial charge in [0.2, 0.25) is 0 Å². The van der Waals surface area contributed by atoms with Crippen LogP contribution in [0, 0.1) is 11.7 Å². The Labute approximate surface area is 86.3 Å². The number of hydrogen-bond acceptors (Lipinski definition) is 0. The van der Waals surface area contributed by atoms with Crippen molar-refractivity contribution >= 4 is 15.9 Å². The molecule has 1 aliphatic carbocycles. The molecule has 0 radical (unpaired) electrons. The minimum atomic E-state index is -0.127. The fourth-order valence-corrected chi connectivity index (χ4v) is 3.05. The molecule has 1 aromatic carbocycles. The maximum atomic E-state index is 12.9. The van der Waals surface area contributed by atoms with Gasteiger partial charge in [0.15, 0.2) is 0 Å². The Balaban J connectivity index is 2.43. The van der Waals surface area contributed by atoms with E-state index in [0.717, 1.165) is 18.4 Å². The SMILES string of the molecule is CC1Cc2ccc(F)cc2C(Br)C1. The molecule has 0 amide bonds. The second-order valence-electron chi connectivity index (χ2n) is 3.86. The van der Waals surface area contributed by atoms with Crippen LogP contribution in [0.15, 0.2) is 18.2 Å². The lowest BCUT2D eigenvalue weighted by Crippen LogP contribution is -2.13. The zero-order valence-electron chi connectivity index (χ0n) is 7.56. The summed E-state index contributed by atoms with van der Waals surface area (Å²) in [4.78, 5) is 0.335. The summed E-state index contributed by atoms with van der Waals surface area (Å²) in [6.07, 6.45) is 2.19. The van der Waals surface area contributed by atoms with Gasteiger partial charge in [0.05, 0.1) is 0 Å². The van der Waals surface area contributed by atoms with Crippen molar-refractivity contribution in [2.24, 2.45) is 5.92 Å². The molecule has 0 N–H and O–H groups in total. The first-order valence-electron chi connectivity index (χ1n) is 4.59.